The maximum atomic E-state index is 14.4. The van der Waals surface area contributed by atoms with Gasteiger partial charge in [0.05, 0.1) is 16.3 Å². The smallest absolute Gasteiger partial charge is 0.252 e. The lowest BCUT2D eigenvalue weighted by Gasteiger charge is -2.12. The average molecular weight is 441 g/mol. The molecule has 0 radical (unpaired) electrons. The van der Waals surface area contributed by atoms with Crippen LogP contribution in [0.1, 0.15) is 35.2 Å². The van der Waals surface area contributed by atoms with Crippen molar-refractivity contribution < 1.29 is 9.18 Å². The van der Waals surface area contributed by atoms with Crippen molar-refractivity contribution >= 4 is 35.0 Å². The third-order valence-electron chi connectivity index (χ3n) is 5.04. The Bertz CT molecular complexity index is 1120. The summed E-state index contributed by atoms with van der Waals surface area (Å²) in [6.45, 7) is 3.21. The number of halogens is 2. The van der Waals surface area contributed by atoms with Gasteiger partial charge in [0.15, 0.2) is 0 Å². The lowest BCUT2D eigenvalue weighted by atomic mass is 10.0. The summed E-state index contributed by atoms with van der Waals surface area (Å²) in [5, 5.41) is 9.43. The number of aryl methyl sites for hydroxylation is 1. The van der Waals surface area contributed by atoms with Crippen LogP contribution in [0.3, 0.4) is 0 Å². The first-order valence-corrected chi connectivity index (χ1v) is 10.5. The van der Waals surface area contributed by atoms with Crippen molar-refractivity contribution in [3.8, 4) is 11.1 Å². The molecule has 2 aromatic heterocycles. The number of rotatable bonds is 0. The number of benzene rings is 1. The minimum Gasteiger partial charge on any atom is -0.370 e. The Balaban J connectivity index is 1.72. The van der Waals surface area contributed by atoms with Crippen LogP contribution in [0.5, 0.6) is 0 Å². The lowest BCUT2D eigenvalue weighted by Crippen LogP contribution is -2.24. The first kappa shape index (κ1) is 21.0. The van der Waals surface area contributed by atoms with Crippen molar-refractivity contribution in [1.82, 2.24) is 20.3 Å². The molecule has 0 aliphatic carbocycles. The van der Waals surface area contributed by atoms with E-state index in [-0.39, 0.29) is 17.5 Å². The maximum Gasteiger partial charge on any atom is 0.252 e. The van der Waals surface area contributed by atoms with Gasteiger partial charge in [-0.15, -0.1) is 0 Å². The number of hydrogen-bond acceptors (Lipinski definition) is 6. The van der Waals surface area contributed by atoms with Gasteiger partial charge in [-0.3, -0.25) is 4.79 Å². The number of nitrogens with zero attached hydrogens (tertiary/aromatic N) is 3. The zero-order valence-corrected chi connectivity index (χ0v) is 17.8. The molecule has 2 aliphatic heterocycles. The quantitative estimate of drug-likeness (QED) is 0.438. The number of carbonyl (C=O) groups is 1. The Morgan fingerprint density at radius 2 is 1.81 bits per heavy atom. The van der Waals surface area contributed by atoms with E-state index < -0.39 is 5.95 Å². The second kappa shape index (κ2) is 9.26. The molecular formula is C22H22ClFN6O. The Kier molecular flexibility index (Phi) is 6.27. The Hall–Kier alpha value is -3.26. The minimum atomic E-state index is -0.671. The molecule has 1 aromatic carbocycles. The van der Waals surface area contributed by atoms with E-state index in [1.54, 1.807) is 30.5 Å². The molecule has 3 N–H and O–H groups in total. The van der Waals surface area contributed by atoms with Gasteiger partial charge < -0.3 is 16.0 Å². The van der Waals surface area contributed by atoms with Crippen LogP contribution in [0.25, 0.3) is 11.1 Å². The highest BCUT2D eigenvalue weighted by molar-refractivity contribution is 6.34. The Morgan fingerprint density at radius 3 is 2.61 bits per heavy atom. The molecule has 0 saturated carbocycles. The Morgan fingerprint density at radius 1 is 1.00 bits per heavy atom. The first-order chi connectivity index (χ1) is 15.0. The van der Waals surface area contributed by atoms with Crippen molar-refractivity contribution in [3.63, 3.8) is 0 Å². The average Bonchev–Trinajstić information content (AvgIpc) is 2.75. The van der Waals surface area contributed by atoms with Crippen LogP contribution in [0.4, 0.5) is 21.8 Å². The normalized spacial score (nSPS) is 14.5. The topological polar surface area (TPSA) is 91.8 Å². The molecule has 0 unspecified atom stereocenters. The van der Waals surface area contributed by atoms with Crippen LogP contribution in [0, 0.1) is 12.9 Å². The van der Waals surface area contributed by atoms with Crippen LogP contribution in [0.15, 0.2) is 36.7 Å². The molecule has 9 heteroatoms. The van der Waals surface area contributed by atoms with E-state index in [0.29, 0.717) is 34.1 Å². The predicted molar refractivity (Wildman–Crippen MR) is 119 cm³/mol. The van der Waals surface area contributed by atoms with Gasteiger partial charge >= 0.3 is 0 Å². The molecule has 31 heavy (non-hydrogen) atoms. The summed E-state index contributed by atoms with van der Waals surface area (Å²) in [6, 6.07) is 6.71. The predicted octanol–water partition coefficient (Wildman–Crippen LogP) is 4.71. The summed E-state index contributed by atoms with van der Waals surface area (Å²) in [7, 11) is 0. The number of carbonyl (C=O) groups excluding carboxylic acids is 1. The summed E-state index contributed by atoms with van der Waals surface area (Å²) in [5.41, 5.74) is 2.79. The van der Waals surface area contributed by atoms with Crippen molar-refractivity contribution in [2.24, 2.45) is 0 Å². The zero-order chi connectivity index (χ0) is 21.8. The number of hydrogen-bond donors (Lipinski definition) is 3. The summed E-state index contributed by atoms with van der Waals surface area (Å²) < 4.78 is 14.4. The van der Waals surface area contributed by atoms with E-state index in [1.807, 2.05) is 6.92 Å². The summed E-state index contributed by atoms with van der Waals surface area (Å²) >= 11 is 6.36. The van der Waals surface area contributed by atoms with E-state index in [0.717, 1.165) is 31.4 Å². The molecule has 0 atom stereocenters. The van der Waals surface area contributed by atoms with Crippen LogP contribution in [-0.4, -0.2) is 33.9 Å². The summed E-state index contributed by atoms with van der Waals surface area (Å²) in [6.07, 6.45) is 5.81. The molecule has 4 heterocycles. The maximum absolute atomic E-state index is 14.4. The fraction of sp³-hybridized carbons (Fsp3) is 0.273. The van der Waals surface area contributed by atoms with Crippen molar-refractivity contribution in [1.29, 1.82) is 0 Å². The number of amides is 1. The number of anilines is 3. The van der Waals surface area contributed by atoms with Gasteiger partial charge in [0, 0.05) is 36.6 Å². The molecule has 2 aliphatic rings. The number of aromatic nitrogens is 3. The van der Waals surface area contributed by atoms with Crippen LogP contribution in [0.2, 0.25) is 5.02 Å². The highest BCUT2D eigenvalue weighted by atomic mass is 35.5. The molecule has 1 amide bonds. The van der Waals surface area contributed by atoms with Gasteiger partial charge in [0.25, 0.3) is 5.91 Å². The second-order valence-electron chi connectivity index (χ2n) is 7.35. The highest BCUT2D eigenvalue weighted by Gasteiger charge is 2.14. The van der Waals surface area contributed by atoms with E-state index in [4.69, 9.17) is 11.6 Å². The number of nitrogens with one attached hydrogen (secondary N) is 3. The van der Waals surface area contributed by atoms with Crippen LogP contribution in [-0.2, 0) is 0 Å². The molecule has 0 fully saturated rings. The molecule has 160 valence electrons. The lowest BCUT2D eigenvalue weighted by molar-refractivity contribution is 0.0953. The van der Waals surface area contributed by atoms with Gasteiger partial charge in [-0.25, -0.2) is 9.97 Å². The fourth-order valence-electron chi connectivity index (χ4n) is 3.30. The van der Waals surface area contributed by atoms with Crippen molar-refractivity contribution in [2.75, 3.05) is 23.7 Å². The number of fused-ring (bicyclic) bond motifs is 9. The summed E-state index contributed by atoms with van der Waals surface area (Å²) in [5.74, 6) is 0.0758. The SMILES string of the molecule is Cc1cnc2nc1NCCCCCNC(=O)c1ccc(cc1Cl)-c1cnc(F)c(c1)N2. The third-order valence-corrected chi connectivity index (χ3v) is 5.35. The zero-order valence-electron chi connectivity index (χ0n) is 17.0. The third kappa shape index (κ3) is 4.91. The minimum absolute atomic E-state index is 0.142. The van der Waals surface area contributed by atoms with Gasteiger partial charge in [0.1, 0.15) is 5.82 Å². The van der Waals surface area contributed by atoms with Gasteiger partial charge in [-0.05, 0) is 49.9 Å². The second-order valence-corrected chi connectivity index (χ2v) is 7.76. The van der Waals surface area contributed by atoms with Gasteiger partial charge in [-0.1, -0.05) is 17.7 Å². The van der Waals surface area contributed by atoms with E-state index in [9.17, 15) is 9.18 Å². The molecule has 6 bridgehead atoms. The van der Waals surface area contributed by atoms with Crippen LogP contribution < -0.4 is 16.0 Å². The molecule has 5 rings (SSSR count). The highest BCUT2D eigenvalue weighted by Crippen LogP contribution is 2.29. The van der Waals surface area contributed by atoms with E-state index in [1.165, 1.54) is 6.20 Å². The van der Waals surface area contributed by atoms with Crippen molar-refractivity contribution in [3.05, 3.63) is 58.8 Å². The molecule has 0 saturated heterocycles. The van der Waals surface area contributed by atoms with E-state index in [2.05, 4.69) is 30.9 Å². The van der Waals surface area contributed by atoms with E-state index >= 15 is 0 Å². The Labute approximate surface area is 184 Å². The monoisotopic (exact) mass is 440 g/mol. The first-order valence-electron chi connectivity index (χ1n) is 10.1. The van der Waals surface area contributed by atoms with Crippen molar-refractivity contribution in [2.45, 2.75) is 26.2 Å². The van der Waals surface area contributed by atoms with Gasteiger partial charge in [-0.2, -0.15) is 9.37 Å². The number of pyridine rings is 1. The van der Waals surface area contributed by atoms with Crippen LogP contribution >= 0.6 is 11.6 Å². The fourth-order valence-corrected chi connectivity index (χ4v) is 3.57. The van der Waals surface area contributed by atoms with Gasteiger partial charge in [0.2, 0.25) is 11.9 Å². The molecule has 7 nitrogen and oxygen atoms in total. The molecule has 0 spiro atoms. The summed E-state index contributed by atoms with van der Waals surface area (Å²) in [4.78, 5) is 25.0. The molecule has 3 aromatic rings. The molecular weight excluding hydrogens is 419 g/mol. The largest absolute Gasteiger partial charge is 0.370 e. The standard InChI is InChI=1S/C22H22ClFN6O/c1-13-11-28-22-29-18-10-15(12-27-19(18)24)14-5-6-16(17(23)9-14)21(31)26-8-4-2-3-7-25-20(13)30-22/h5-6,9-12H,2-4,7-8H2,1H3,(H,26,31)(H2,25,28,29,30).